The maximum absolute atomic E-state index is 14.7. The molecule has 3 heterocycles. The molecular weight excluding hydrogens is 789 g/mol. The standard InChI is InChI=1S/C45H82N4O12/c1-28(21-39(5,6)46(54)38(2,3)4)58-36(52)32(19-34(50)59-29-22-40(7,8)47(55)41(9,10)23-29)33(37(53)61-31-26-44(15,16)49(57)45(17,18)27-31)20-35(51)60-30-24-42(11,12)48(56)43(13,14)25-30/h28-33,54-57H,19-27H2,1-18H3. The summed E-state index contributed by atoms with van der Waals surface area (Å²) < 4.78 is 24.2. The Labute approximate surface area is 365 Å². The van der Waals surface area contributed by atoms with Crippen LogP contribution in [0.25, 0.3) is 0 Å². The number of piperidine rings is 3. The molecule has 3 aliphatic rings. The predicted octanol–water partition coefficient (Wildman–Crippen LogP) is 7.45. The van der Waals surface area contributed by atoms with E-state index in [1.54, 1.807) is 20.8 Å². The Bertz CT molecular complexity index is 1530. The third-order valence-corrected chi connectivity index (χ3v) is 12.9. The van der Waals surface area contributed by atoms with Gasteiger partial charge in [-0.15, -0.1) is 0 Å². The number of hydrogen-bond donors (Lipinski definition) is 4. The first-order chi connectivity index (χ1) is 27.2. The molecule has 0 aromatic rings. The summed E-state index contributed by atoms with van der Waals surface area (Å²) in [4.78, 5) is 57.4. The summed E-state index contributed by atoms with van der Waals surface area (Å²) in [5, 5.41) is 48.8. The van der Waals surface area contributed by atoms with E-state index < -0.39 is 117 Å². The zero-order valence-corrected chi connectivity index (χ0v) is 40.7. The highest BCUT2D eigenvalue weighted by molar-refractivity contribution is 5.88. The van der Waals surface area contributed by atoms with E-state index >= 15 is 0 Å². The lowest BCUT2D eigenvalue weighted by Gasteiger charge is -2.51. The molecule has 0 aliphatic carbocycles. The summed E-state index contributed by atoms with van der Waals surface area (Å²) in [7, 11) is 0. The van der Waals surface area contributed by atoms with Crippen LogP contribution >= 0.6 is 0 Å². The van der Waals surface area contributed by atoms with E-state index in [0.29, 0.717) is 12.8 Å². The Morgan fingerprint density at radius 1 is 0.557 bits per heavy atom. The van der Waals surface area contributed by atoms with Crippen molar-refractivity contribution < 1.29 is 59.0 Å². The molecule has 0 radical (unpaired) electrons. The van der Waals surface area contributed by atoms with Gasteiger partial charge in [0.1, 0.15) is 24.4 Å². The van der Waals surface area contributed by atoms with Crippen LogP contribution in [0, 0.1) is 11.8 Å². The van der Waals surface area contributed by atoms with E-state index in [4.69, 9.17) is 18.9 Å². The first-order valence-corrected chi connectivity index (χ1v) is 22.0. The molecule has 3 atom stereocenters. The minimum absolute atomic E-state index is 0.170. The second kappa shape index (κ2) is 18.2. The predicted molar refractivity (Wildman–Crippen MR) is 227 cm³/mol. The van der Waals surface area contributed by atoms with E-state index in [1.165, 1.54) is 20.3 Å². The number of hydroxylamine groups is 8. The van der Waals surface area contributed by atoms with Crippen molar-refractivity contribution in [2.24, 2.45) is 11.8 Å². The van der Waals surface area contributed by atoms with E-state index in [0.717, 1.165) is 0 Å². The molecule has 3 rings (SSSR count). The molecule has 4 N–H and O–H groups in total. The van der Waals surface area contributed by atoms with Gasteiger partial charge < -0.3 is 39.8 Å². The van der Waals surface area contributed by atoms with E-state index in [9.17, 15) is 40.0 Å². The van der Waals surface area contributed by atoms with Crippen LogP contribution in [0.4, 0.5) is 0 Å². The number of carbonyl (C=O) groups excluding carboxylic acids is 4. The Kier molecular flexibility index (Phi) is 15.8. The van der Waals surface area contributed by atoms with Crippen molar-refractivity contribution in [1.29, 1.82) is 0 Å². The molecule has 3 unspecified atom stereocenters. The summed E-state index contributed by atoms with van der Waals surface area (Å²) >= 11 is 0. The van der Waals surface area contributed by atoms with Crippen molar-refractivity contribution in [2.45, 2.75) is 251 Å². The van der Waals surface area contributed by atoms with Gasteiger partial charge in [0.15, 0.2) is 0 Å². The van der Waals surface area contributed by atoms with Crippen LogP contribution in [0.1, 0.15) is 182 Å². The summed E-state index contributed by atoms with van der Waals surface area (Å²) in [5.41, 5.74) is -6.12. The molecule has 16 nitrogen and oxygen atoms in total. The van der Waals surface area contributed by atoms with E-state index in [2.05, 4.69) is 0 Å². The lowest BCUT2D eigenvalue weighted by molar-refractivity contribution is -0.261. The number of hydrogen-bond acceptors (Lipinski definition) is 16. The van der Waals surface area contributed by atoms with Crippen LogP contribution in [-0.4, -0.2) is 134 Å². The van der Waals surface area contributed by atoms with Gasteiger partial charge in [-0.1, -0.05) is 0 Å². The molecule has 354 valence electrons. The minimum atomic E-state index is -1.56. The normalized spacial score (nSPS) is 25.3. The molecule has 0 saturated carbocycles. The summed E-state index contributed by atoms with van der Waals surface area (Å²) in [6.45, 7) is 32.7. The molecule has 0 aromatic carbocycles. The lowest BCUT2D eigenvalue weighted by Crippen LogP contribution is -2.61. The molecule has 3 aliphatic heterocycles. The monoisotopic (exact) mass is 871 g/mol. The van der Waals surface area contributed by atoms with Crippen molar-refractivity contribution in [3.05, 3.63) is 0 Å². The largest absolute Gasteiger partial charge is 0.462 e. The fraction of sp³-hybridized carbons (Fsp3) is 0.911. The number of nitrogens with zero attached hydrogens (tertiary/aromatic N) is 4. The SMILES string of the molecule is CC(CC(C)(C)N(O)C(C)(C)C)OC(=O)C(CC(=O)OC1CC(C)(C)N(O)C(C)(C)C1)C(CC(=O)OC1CC(C)(C)N(O)C(C)(C)C1)C(=O)OC1CC(C)(C)N(O)C(C)(C)C1. The van der Waals surface area contributed by atoms with Crippen LogP contribution in [0.3, 0.4) is 0 Å². The Balaban J connectivity index is 2.05. The van der Waals surface area contributed by atoms with Gasteiger partial charge in [0.2, 0.25) is 0 Å². The smallest absolute Gasteiger partial charge is 0.310 e. The fourth-order valence-corrected chi connectivity index (χ4v) is 10.7. The second-order valence-electron chi connectivity index (χ2n) is 23.7. The third-order valence-electron chi connectivity index (χ3n) is 12.9. The van der Waals surface area contributed by atoms with Crippen molar-refractivity contribution >= 4 is 23.9 Å². The number of carbonyl (C=O) groups is 4. The molecule has 16 heteroatoms. The summed E-state index contributed by atoms with van der Waals surface area (Å²) in [6.07, 6.45) is -2.28. The van der Waals surface area contributed by atoms with Crippen LogP contribution in [-0.2, 0) is 38.1 Å². The van der Waals surface area contributed by atoms with Crippen molar-refractivity contribution in [3.8, 4) is 0 Å². The van der Waals surface area contributed by atoms with Crippen LogP contribution in [0.5, 0.6) is 0 Å². The van der Waals surface area contributed by atoms with Gasteiger partial charge in [-0.3, -0.25) is 19.2 Å². The highest BCUT2D eigenvalue weighted by Crippen LogP contribution is 2.42. The van der Waals surface area contributed by atoms with Gasteiger partial charge in [0.25, 0.3) is 0 Å². The van der Waals surface area contributed by atoms with Gasteiger partial charge in [-0.25, -0.2) is 0 Å². The van der Waals surface area contributed by atoms with Gasteiger partial charge >= 0.3 is 23.9 Å². The summed E-state index contributed by atoms with van der Waals surface area (Å²) in [6, 6.07) is 0. The summed E-state index contributed by atoms with van der Waals surface area (Å²) in [5.74, 6) is -6.54. The zero-order valence-electron chi connectivity index (χ0n) is 40.7. The zero-order chi connectivity index (χ0) is 47.3. The molecule has 61 heavy (non-hydrogen) atoms. The molecule has 0 amide bonds. The van der Waals surface area contributed by atoms with Gasteiger partial charge in [-0.2, -0.15) is 20.3 Å². The minimum Gasteiger partial charge on any atom is -0.462 e. The average Bonchev–Trinajstić information content (AvgIpc) is 3.04. The Morgan fingerprint density at radius 2 is 0.836 bits per heavy atom. The van der Waals surface area contributed by atoms with Gasteiger partial charge in [0.05, 0.1) is 24.7 Å². The van der Waals surface area contributed by atoms with Crippen LogP contribution in [0.15, 0.2) is 0 Å². The second-order valence-corrected chi connectivity index (χ2v) is 23.7. The molecule has 0 aromatic heterocycles. The topological polar surface area (TPSA) is 199 Å². The Hall–Kier alpha value is -2.44. The molecule has 0 spiro atoms. The van der Waals surface area contributed by atoms with Gasteiger partial charge in [-0.05, 0) is 125 Å². The highest BCUT2D eigenvalue weighted by Gasteiger charge is 2.51. The lowest BCUT2D eigenvalue weighted by atomic mass is 9.79. The number of ether oxygens (including phenoxy) is 4. The number of rotatable bonds is 14. The fourth-order valence-electron chi connectivity index (χ4n) is 10.7. The molecule has 3 saturated heterocycles. The first kappa shape index (κ1) is 52.9. The highest BCUT2D eigenvalue weighted by atomic mass is 16.6. The van der Waals surface area contributed by atoms with Crippen molar-refractivity contribution in [1.82, 2.24) is 20.3 Å². The van der Waals surface area contributed by atoms with Crippen molar-refractivity contribution in [3.63, 3.8) is 0 Å². The van der Waals surface area contributed by atoms with Crippen LogP contribution in [0.2, 0.25) is 0 Å². The van der Waals surface area contributed by atoms with E-state index in [1.807, 2.05) is 104 Å². The quantitative estimate of drug-likeness (QED) is 0.0762. The third kappa shape index (κ3) is 13.1. The Morgan fingerprint density at radius 3 is 1.13 bits per heavy atom. The number of esters is 4. The molecule has 0 bridgehead atoms. The van der Waals surface area contributed by atoms with Crippen LogP contribution < -0.4 is 0 Å². The molecule has 3 fully saturated rings. The molecular formula is C45H82N4O12. The maximum atomic E-state index is 14.7. The average molecular weight is 871 g/mol. The van der Waals surface area contributed by atoms with E-state index in [-0.39, 0.29) is 32.1 Å². The first-order valence-electron chi connectivity index (χ1n) is 22.0. The van der Waals surface area contributed by atoms with Gasteiger partial charge in [0, 0.05) is 89.3 Å². The maximum Gasteiger partial charge on any atom is 0.310 e. The van der Waals surface area contributed by atoms with Crippen molar-refractivity contribution in [2.75, 3.05) is 0 Å².